The number of rotatable bonds is 7. The van der Waals surface area contributed by atoms with Crippen LogP contribution in [0.15, 0.2) is 12.3 Å². The van der Waals surface area contributed by atoms with E-state index in [1.807, 2.05) is 0 Å². The first-order valence-corrected chi connectivity index (χ1v) is 7.20. The number of nitro groups is 1. The number of hydrogen-bond donors (Lipinski definition) is 0. The van der Waals surface area contributed by atoms with Crippen molar-refractivity contribution in [2.24, 2.45) is 0 Å². The fourth-order valence-electron chi connectivity index (χ4n) is 1.73. The smallest absolute Gasteiger partial charge is 0.357 e. The normalized spacial score (nSPS) is 10.5. The molecule has 0 atom stereocenters. The summed E-state index contributed by atoms with van der Waals surface area (Å²) in [5.41, 5.74) is -1.10. The molecule has 0 saturated heterocycles. The quantitative estimate of drug-likeness (QED) is 0.421. The van der Waals surface area contributed by atoms with Crippen LogP contribution in [0.5, 0.6) is 0 Å². The molecule has 9 nitrogen and oxygen atoms in total. The Balaban J connectivity index is 3.56. The van der Waals surface area contributed by atoms with Crippen molar-refractivity contribution in [2.45, 2.75) is 13.8 Å². The highest BCUT2D eigenvalue weighted by atomic mass is 16.6. The molecule has 130 valence electrons. The summed E-state index contributed by atoms with van der Waals surface area (Å²) >= 11 is 0. The van der Waals surface area contributed by atoms with Crippen molar-refractivity contribution in [3.63, 3.8) is 0 Å². The van der Waals surface area contributed by atoms with Crippen molar-refractivity contribution >= 4 is 23.7 Å². The van der Waals surface area contributed by atoms with Crippen LogP contribution in [0, 0.1) is 10.1 Å². The molecule has 0 aliphatic rings. The van der Waals surface area contributed by atoms with E-state index < -0.39 is 22.5 Å². The van der Waals surface area contributed by atoms with Gasteiger partial charge >= 0.3 is 11.9 Å². The predicted molar refractivity (Wildman–Crippen MR) is 85.5 cm³/mol. The molecule has 0 aromatic carbocycles. The highest BCUT2D eigenvalue weighted by Gasteiger charge is 2.27. The van der Waals surface area contributed by atoms with Gasteiger partial charge in [0.25, 0.3) is 5.69 Å². The second-order valence-electron chi connectivity index (χ2n) is 4.77. The van der Waals surface area contributed by atoms with Crippen LogP contribution < -0.4 is 0 Å². The first-order chi connectivity index (χ1) is 11.3. The molecular formula is C15H19N3O6. The van der Waals surface area contributed by atoms with E-state index in [4.69, 9.17) is 9.47 Å². The Morgan fingerprint density at radius 1 is 1.25 bits per heavy atom. The van der Waals surface area contributed by atoms with E-state index in [-0.39, 0.29) is 30.2 Å². The molecule has 0 spiro atoms. The summed E-state index contributed by atoms with van der Waals surface area (Å²) in [6.45, 7) is 3.30. The van der Waals surface area contributed by atoms with E-state index in [1.54, 1.807) is 32.8 Å². The number of carbonyl (C=O) groups excluding carboxylic acids is 2. The summed E-state index contributed by atoms with van der Waals surface area (Å²) in [7, 11) is 3.45. The summed E-state index contributed by atoms with van der Waals surface area (Å²) in [5, 5.41) is 11.3. The molecule has 0 radical (unpaired) electrons. The Hall–Kier alpha value is -2.97. The third kappa shape index (κ3) is 4.77. The van der Waals surface area contributed by atoms with E-state index in [1.165, 1.54) is 12.3 Å². The third-order valence-corrected chi connectivity index (χ3v) is 2.72. The lowest BCUT2D eigenvalue weighted by Crippen LogP contribution is -2.17. The number of hydrogen-bond acceptors (Lipinski definition) is 8. The standard InChI is InChI=1S/C15H19N3O6/c1-5-23-14(19)10-9-12(18(21)22)11(7-8-17(3)4)16-13(10)15(20)24-6-2/h7-9H,5-6H2,1-4H3/b8-7+. The fraction of sp³-hybridized carbons (Fsp3) is 0.400. The first kappa shape index (κ1) is 19.1. The lowest BCUT2D eigenvalue weighted by atomic mass is 10.1. The van der Waals surface area contributed by atoms with Gasteiger partial charge in [-0.2, -0.15) is 0 Å². The number of ether oxygens (including phenoxy) is 2. The van der Waals surface area contributed by atoms with Crippen molar-refractivity contribution < 1.29 is 24.0 Å². The van der Waals surface area contributed by atoms with E-state index in [0.29, 0.717) is 0 Å². The second kappa shape index (κ2) is 8.61. The van der Waals surface area contributed by atoms with Crippen molar-refractivity contribution in [2.75, 3.05) is 27.3 Å². The van der Waals surface area contributed by atoms with Crippen LogP contribution in [0.3, 0.4) is 0 Å². The maximum absolute atomic E-state index is 12.0. The zero-order valence-electron chi connectivity index (χ0n) is 13.9. The molecule has 0 saturated carbocycles. The van der Waals surface area contributed by atoms with Crippen LogP contribution in [-0.2, 0) is 9.47 Å². The number of carbonyl (C=O) groups is 2. The van der Waals surface area contributed by atoms with Crippen LogP contribution in [0.4, 0.5) is 5.69 Å². The SMILES string of the molecule is CCOC(=O)c1cc([N+](=O)[O-])c(/C=C/N(C)C)nc1C(=O)OCC. The Labute approximate surface area is 139 Å². The predicted octanol–water partition coefficient (Wildman–Crippen LogP) is 1.88. The van der Waals surface area contributed by atoms with E-state index in [2.05, 4.69) is 4.98 Å². The van der Waals surface area contributed by atoms with Gasteiger partial charge in [0.05, 0.1) is 23.7 Å². The Bertz CT molecular complexity index is 669. The zero-order chi connectivity index (χ0) is 18.3. The van der Waals surface area contributed by atoms with Crippen LogP contribution in [-0.4, -0.2) is 54.1 Å². The molecule has 0 aliphatic carbocycles. The summed E-state index contributed by atoms with van der Waals surface area (Å²) in [4.78, 5) is 40.2. The van der Waals surface area contributed by atoms with Gasteiger partial charge < -0.3 is 14.4 Å². The zero-order valence-corrected chi connectivity index (χ0v) is 13.9. The van der Waals surface area contributed by atoms with Crippen molar-refractivity contribution in [1.82, 2.24) is 9.88 Å². The maximum Gasteiger partial charge on any atom is 0.357 e. The van der Waals surface area contributed by atoms with Crippen LogP contribution in [0.1, 0.15) is 40.4 Å². The van der Waals surface area contributed by atoms with Crippen LogP contribution in [0.2, 0.25) is 0 Å². The topological polar surface area (TPSA) is 112 Å². The summed E-state index contributed by atoms with van der Waals surface area (Å²) < 4.78 is 9.70. The summed E-state index contributed by atoms with van der Waals surface area (Å²) in [5.74, 6) is -1.73. The Morgan fingerprint density at radius 2 is 1.83 bits per heavy atom. The van der Waals surface area contributed by atoms with Gasteiger partial charge in [-0.15, -0.1) is 0 Å². The number of aromatic nitrogens is 1. The van der Waals surface area contributed by atoms with Crippen LogP contribution >= 0.6 is 0 Å². The Kier molecular flexibility index (Phi) is 6.84. The van der Waals surface area contributed by atoms with Crippen molar-refractivity contribution in [3.05, 3.63) is 39.3 Å². The average molecular weight is 337 g/mol. The molecule has 0 aliphatic heterocycles. The van der Waals surface area contributed by atoms with E-state index >= 15 is 0 Å². The molecule has 1 aromatic heterocycles. The lowest BCUT2D eigenvalue weighted by molar-refractivity contribution is -0.385. The minimum atomic E-state index is -0.876. The van der Waals surface area contributed by atoms with Gasteiger partial charge in [-0.05, 0) is 19.9 Å². The van der Waals surface area contributed by atoms with Gasteiger partial charge in [-0.1, -0.05) is 0 Å². The molecule has 0 N–H and O–H groups in total. The summed E-state index contributed by atoms with van der Waals surface area (Å²) in [6.07, 6.45) is 2.91. The van der Waals surface area contributed by atoms with Gasteiger partial charge in [0.15, 0.2) is 5.69 Å². The number of pyridine rings is 1. The average Bonchev–Trinajstić information content (AvgIpc) is 2.52. The third-order valence-electron chi connectivity index (χ3n) is 2.72. The molecule has 0 bridgehead atoms. The molecule has 0 amide bonds. The molecule has 1 heterocycles. The van der Waals surface area contributed by atoms with E-state index in [0.717, 1.165) is 6.07 Å². The summed E-state index contributed by atoms with van der Waals surface area (Å²) in [6, 6.07) is 0.979. The fourth-order valence-corrected chi connectivity index (χ4v) is 1.73. The number of nitrogens with zero attached hydrogens (tertiary/aromatic N) is 3. The Morgan fingerprint density at radius 3 is 2.33 bits per heavy atom. The monoisotopic (exact) mass is 337 g/mol. The van der Waals surface area contributed by atoms with Crippen molar-refractivity contribution in [3.8, 4) is 0 Å². The highest BCUT2D eigenvalue weighted by Crippen LogP contribution is 2.23. The number of esters is 2. The van der Waals surface area contributed by atoms with E-state index in [9.17, 15) is 19.7 Å². The minimum Gasteiger partial charge on any atom is -0.462 e. The minimum absolute atomic E-state index is 0.0528. The largest absolute Gasteiger partial charge is 0.462 e. The van der Waals surface area contributed by atoms with Crippen molar-refractivity contribution in [1.29, 1.82) is 0 Å². The molecule has 0 unspecified atom stereocenters. The van der Waals surface area contributed by atoms with Gasteiger partial charge in [-0.3, -0.25) is 10.1 Å². The maximum atomic E-state index is 12.0. The van der Waals surface area contributed by atoms with Gasteiger partial charge in [0.1, 0.15) is 5.69 Å². The first-order valence-electron chi connectivity index (χ1n) is 7.20. The second-order valence-corrected chi connectivity index (χ2v) is 4.77. The lowest BCUT2D eigenvalue weighted by Gasteiger charge is -2.09. The molecule has 1 aromatic rings. The molecule has 0 fully saturated rings. The molecular weight excluding hydrogens is 318 g/mol. The molecule has 24 heavy (non-hydrogen) atoms. The van der Waals surface area contributed by atoms with Gasteiger partial charge in [0.2, 0.25) is 0 Å². The van der Waals surface area contributed by atoms with Crippen LogP contribution in [0.25, 0.3) is 6.08 Å². The molecule has 1 rings (SSSR count). The van der Waals surface area contributed by atoms with Gasteiger partial charge in [0, 0.05) is 26.4 Å². The highest BCUT2D eigenvalue weighted by molar-refractivity contribution is 6.02. The molecule has 9 heteroatoms. The van der Waals surface area contributed by atoms with Gasteiger partial charge in [-0.25, -0.2) is 14.6 Å².